The minimum atomic E-state index is -0.174. The van der Waals surface area contributed by atoms with Crippen LogP contribution in [0.25, 0.3) is 10.9 Å². The van der Waals surface area contributed by atoms with Gasteiger partial charge >= 0.3 is 5.97 Å². The van der Waals surface area contributed by atoms with E-state index in [9.17, 15) is 4.79 Å². The molecule has 0 bridgehead atoms. The van der Waals surface area contributed by atoms with Gasteiger partial charge in [-0.1, -0.05) is 39.8 Å². The molecule has 5 nitrogen and oxygen atoms in total. The summed E-state index contributed by atoms with van der Waals surface area (Å²) in [5.74, 6) is 1.44. The number of nitrogens with two attached hydrogens (primary N) is 1. The Labute approximate surface area is 187 Å². The number of ether oxygens (including phenoxy) is 2. The highest BCUT2D eigenvalue weighted by Crippen LogP contribution is 2.40. The minimum absolute atomic E-state index is 0.0265. The number of fused-ring (bicyclic) bond motifs is 1. The predicted octanol–water partition coefficient (Wildman–Crippen LogP) is 5.26. The van der Waals surface area contributed by atoms with Gasteiger partial charge in [0.15, 0.2) is 0 Å². The Hall–Kier alpha value is -1.85. The van der Waals surface area contributed by atoms with Gasteiger partial charge in [-0.25, -0.2) is 0 Å². The zero-order valence-corrected chi connectivity index (χ0v) is 19.8. The molecule has 0 radical (unpaired) electrons. The number of carbonyl (C=O) groups is 1. The third kappa shape index (κ3) is 5.69. The van der Waals surface area contributed by atoms with Crippen LogP contribution in [0.5, 0.6) is 0 Å². The molecule has 2 aromatic rings. The third-order valence-electron chi connectivity index (χ3n) is 7.13. The molecule has 1 aliphatic heterocycles. The van der Waals surface area contributed by atoms with E-state index < -0.39 is 0 Å². The van der Waals surface area contributed by atoms with E-state index in [0.717, 1.165) is 32.3 Å². The zero-order chi connectivity index (χ0) is 22.5. The number of methoxy groups -OCH3 is 1. The highest BCUT2D eigenvalue weighted by atomic mass is 16.6. The van der Waals surface area contributed by atoms with E-state index in [1.165, 1.54) is 16.5 Å². The lowest BCUT2D eigenvalue weighted by Gasteiger charge is -2.34. The summed E-state index contributed by atoms with van der Waals surface area (Å²) in [5.41, 5.74) is 9.20. The van der Waals surface area contributed by atoms with E-state index in [1.807, 2.05) is 6.20 Å². The lowest BCUT2D eigenvalue weighted by Crippen LogP contribution is -2.38. The second kappa shape index (κ2) is 10.6. The largest absolute Gasteiger partial charge is 0.460 e. The van der Waals surface area contributed by atoms with Crippen molar-refractivity contribution in [1.29, 1.82) is 0 Å². The van der Waals surface area contributed by atoms with Crippen molar-refractivity contribution in [3.63, 3.8) is 0 Å². The van der Waals surface area contributed by atoms with Crippen LogP contribution in [0.3, 0.4) is 0 Å². The molecule has 3 N–H and O–H groups in total. The third-order valence-corrected chi connectivity index (χ3v) is 7.13. The van der Waals surface area contributed by atoms with Gasteiger partial charge in [-0.2, -0.15) is 0 Å². The maximum Gasteiger partial charge on any atom is 0.309 e. The normalized spacial score (nSPS) is 22.3. The number of aromatic nitrogens is 1. The molecule has 1 unspecified atom stereocenters. The summed E-state index contributed by atoms with van der Waals surface area (Å²) in [6.07, 6.45) is 5.47. The molecular weight excluding hydrogens is 388 g/mol. The maximum atomic E-state index is 12.3. The van der Waals surface area contributed by atoms with Gasteiger partial charge in [0.05, 0.1) is 5.92 Å². The Balaban J connectivity index is 1.80. The van der Waals surface area contributed by atoms with Crippen molar-refractivity contribution in [2.24, 2.45) is 29.4 Å². The van der Waals surface area contributed by atoms with Crippen LogP contribution in [0.2, 0.25) is 0 Å². The molecule has 0 aliphatic carbocycles. The fourth-order valence-electron chi connectivity index (χ4n) is 5.18. The van der Waals surface area contributed by atoms with Gasteiger partial charge in [0.2, 0.25) is 0 Å². The summed E-state index contributed by atoms with van der Waals surface area (Å²) in [5, 5.41) is 1.23. The molecule has 1 aromatic carbocycles. The Kier molecular flexibility index (Phi) is 8.17. The Morgan fingerprint density at radius 2 is 2.00 bits per heavy atom. The molecule has 3 rings (SSSR count). The quantitative estimate of drug-likeness (QED) is 0.378. The SMILES string of the molecule is COCCCC(c1ccc2cc[nH]c2c1)[C@@H](C[C@H](N)[C@H]1C[C@@H](C(C)C)C(=O)O1)C(C)C. The van der Waals surface area contributed by atoms with Crippen molar-refractivity contribution < 1.29 is 14.3 Å². The molecule has 0 amide bonds. The molecule has 5 atom stereocenters. The molecule has 1 aromatic heterocycles. The first-order chi connectivity index (χ1) is 14.8. The topological polar surface area (TPSA) is 77.3 Å². The van der Waals surface area contributed by atoms with Crippen LogP contribution in [0.15, 0.2) is 30.5 Å². The van der Waals surface area contributed by atoms with Gasteiger partial charge in [0, 0.05) is 31.5 Å². The first-order valence-electron chi connectivity index (χ1n) is 11.8. The van der Waals surface area contributed by atoms with Gasteiger partial charge in [-0.05, 0) is 72.4 Å². The molecule has 0 spiro atoms. The first kappa shape index (κ1) is 23.8. The van der Waals surface area contributed by atoms with Crippen LogP contribution in [0.4, 0.5) is 0 Å². The van der Waals surface area contributed by atoms with E-state index in [0.29, 0.717) is 23.7 Å². The fraction of sp³-hybridized carbons (Fsp3) is 0.654. The lowest BCUT2D eigenvalue weighted by atomic mass is 9.73. The first-order valence-corrected chi connectivity index (χ1v) is 11.8. The van der Waals surface area contributed by atoms with Gasteiger partial charge in [-0.15, -0.1) is 0 Å². The number of H-pyrrole nitrogens is 1. The highest BCUT2D eigenvalue weighted by Gasteiger charge is 2.40. The number of cyclic esters (lactones) is 1. The molecular formula is C26H40N2O3. The number of benzene rings is 1. The monoisotopic (exact) mass is 428 g/mol. The number of aromatic amines is 1. The lowest BCUT2D eigenvalue weighted by molar-refractivity contribution is -0.146. The Morgan fingerprint density at radius 3 is 2.65 bits per heavy atom. The van der Waals surface area contributed by atoms with E-state index in [2.05, 4.69) is 56.9 Å². The number of esters is 1. The number of carbonyl (C=O) groups excluding carboxylic acids is 1. The molecule has 1 aliphatic rings. The van der Waals surface area contributed by atoms with E-state index in [4.69, 9.17) is 15.2 Å². The molecule has 31 heavy (non-hydrogen) atoms. The van der Waals surface area contributed by atoms with Crippen LogP contribution < -0.4 is 5.73 Å². The number of hydrogen-bond donors (Lipinski definition) is 2. The minimum Gasteiger partial charge on any atom is -0.460 e. The fourth-order valence-corrected chi connectivity index (χ4v) is 5.18. The second-order valence-corrected chi connectivity index (χ2v) is 9.93. The summed E-state index contributed by atoms with van der Waals surface area (Å²) >= 11 is 0. The van der Waals surface area contributed by atoms with Gasteiger partial charge in [-0.3, -0.25) is 4.79 Å². The van der Waals surface area contributed by atoms with Crippen molar-refractivity contribution in [3.8, 4) is 0 Å². The molecule has 1 fully saturated rings. The molecule has 172 valence electrons. The average molecular weight is 429 g/mol. The Bertz CT molecular complexity index is 844. The summed E-state index contributed by atoms with van der Waals surface area (Å²) < 4.78 is 11.1. The van der Waals surface area contributed by atoms with E-state index in [1.54, 1.807) is 7.11 Å². The summed E-state index contributed by atoms with van der Waals surface area (Å²) in [6, 6.07) is 8.72. The average Bonchev–Trinajstić information content (AvgIpc) is 3.35. The molecule has 1 saturated heterocycles. The van der Waals surface area contributed by atoms with Crippen molar-refractivity contribution >= 4 is 16.9 Å². The second-order valence-electron chi connectivity index (χ2n) is 9.93. The van der Waals surface area contributed by atoms with Gasteiger partial charge in [0.25, 0.3) is 0 Å². The zero-order valence-electron chi connectivity index (χ0n) is 19.8. The Morgan fingerprint density at radius 1 is 1.23 bits per heavy atom. The van der Waals surface area contributed by atoms with Crippen LogP contribution in [-0.4, -0.2) is 36.8 Å². The van der Waals surface area contributed by atoms with Crippen molar-refractivity contribution in [2.45, 2.75) is 71.4 Å². The van der Waals surface area contributed by atoms with E-state index in [-0.39, 0.29) is 24.0 Å². The predicted molar refractivity (Wildman–Crippen MR) is 126 cm³/mol. The smallest absolute Gasteiger partial charge is 0.309 e. The molecule has 0 saturated carbocycles. The van der Waals surface area contributed by atoms with Crippen molar-refractivity contribution in [1.82, 2.24) is 4.98 Å². The van der Waals surface area contributed by atoms with Crippen LogP contribution >= 0.6 is 0 Å². The standard InChI is InChI=1S/C26H40N2O3/c1-16(2)21(14-23(27)25-15-22(17(3)4)26(29)31-25)20(7-6-12-30-5)19-9-8-18-10-11-28-24(18)13-19/h8-11,13,16-17,20-23,25,28H,6-7,12,14-15,27H2,1-5H3/t20?,21-,22-,23-,25+/m0/s1. The summed E-state index contributed by atoms with van der Waals surface area (Å²) in [7, 11) is 1.76. The molecule has 2 heterocycles. The van der Waals surface area contributed by atoms with Gasteiger partial charge < -0.3 is 20.2 Å². The van der Waals surface area contributed by atoms with Crippen molar-refractivity contribution in [3.05, 3.63) is 36.0 Å². The summed E-state index contributed by atoms with van der Waals surface area (Å²) in [4.78, 5) is 15.6. The number of hydrogen-bond acceptors (Lipinski definition) is 4. The summed E-state index contributed by atoms with van der Waals surface area (Å²) in [6.45, 7) is 9.49. The van der Waals surface area contributed by atoms with Gasteiger partial charge in [0.1, 0.15) is 6.10 Å². The van der Waals surface area contributed by atoms with Crippen molar-refractivity contribution in [2.75, 3.05) is 13.7 Å². The number of rotatable bonds is 11. The molecule has 5 heteroatoms. The maximum absolute atomic E-state index is 12.3. The van der Waals surface area contributed by atoms with Crippen LogP contribution in [-0.2, 0) is 14.3 Å². The van der Waals surface area contributed by atoms with Crippen LogP contribution in [0, 0.1) is 23.7 Å². The van der Waals surface area contributed by atoms with Crippen LogP contribution in [0.1, 0.15) is 64.9 Å². The number of nitrogens with one attached hydrogen (secondary N) is 1. The highest BCUT2D eigenvalue weighted by molar-refractivity contribution is 5.80. The van der Waals surface area contributed by atoms with E-state index >= 15 is 0 Å².